The second-order valence-electron chi connectivity index (χ2n) is 7.23. The fourth-order valence-corrected chi connectivity index (χ4v) is 3.81. The minimum Gasteiger partial charge on any atom is -0.358 e. The Morgan fingerprint density at radius 3 is 2.63 bits per heavy atom. The molecule has 2 aromatic carbocycles. The number of halogens is 1. The van der Waals surface area contributed by atoms with Gasteiger partial charge in [-0.3, -0.25) is 9.69 Å². The molecule has 0 aliphatic carbocycles. The molecule has 1 aliphatic heterocycles. The van der Waals surface area contributed by atoms with E-state index in [9.17, 15) is 9.18 Å². The number of H-pyrrole nitrogens is 1. The van der Waals surface area contributed by atoms with Crippen molar-refractivity contribution in [1.82, 2.24) is 15.2 Å². The van der Waals surface area contributed by atoms with Gasteiger partial charge in [-0.2, -0.15) is 0 Å². The lowest BCUT2D eigenvalue weighted by Gasteiger charge is -2.31. The summed E-state index contributed by atoms with van der Waals surface area (Å²) in [4.78, 5) is 17.9. The highest BCUT2D eigenvalue weighted by Gasteiger charge is 2.23. The Bertz CT molecular complexity index is 895. The highest BCUT2D eigenvalue weighted by atomic mass is 19.1. The summed E-state index contributed by atoms with van der Waals surface area (Å²) < 4.78 is 13.6. The predicted octanol–water partition coefficient (Wildman–Crippen LogP) is 3.80. The number of amides is 1. The van der Waals surface area contributed by atoms with Crippen LogP contribution in [0.2, 0.25) is 0 Å². The average Bonchev–Trinajstić information content (AvgIpc) is 3.12. The van der Waals surface area contributed by atoms with Crippen molar-refractivity contribution >= 4 is 16.8 Å². The summed E-state index contributed by atoms with van der Waals surface area (Å²) in [6, 6.07) is 17.1. The minimum atomic E-state index is -0.281. The Morgan fingerprint density at radius 1 is 1.11 bits per heavy atom. The number of fused-ring (bicyclic) bond motifs is 1. The van der Waals surface area contributed by atoms with Crippen LogP contribution < -0.4 is 5.32 Å². The lowest BCUT2D eigenvalue weighted by molar-refractivity contribution is -0.122. The molecule has 1 aromatic heterocycles. The lowest BCUT2D eigenvalue weighted by Crippen LogP contribution is -2.41. The second-order valence-corrected chi connectivity index (χ2v) is 7.23. The number of carbonyl (C=O) groups is 1. The van der Waals surface area contributed by atoms with Gasteiger partial charge >= 0.3 is 0 Å². The Morgan fingerprint density at radius 2 is 1.85 bits per heavy atom. The number of rotatable bonds is 5. The smallest absolute Gasteiger partial charge is 0.234 e. The van der Waals surface area contributed by atoms with Crippen molar-refractivity contribution in [2.24, 2.45) is 0 Å². The third-order valence-electron chi connectivity index (χ3n) is 5.38. The number of aromatic nitrogens is 1. The van der Waals surface area contributed by atoms with Gasteiger partial charge in [0.1, 0.15) is 5.82 Å². The van der Waals surface area contributed by atoms with Crippen LogP contribution in [-0.4, -0.2) is 35.4 Å². The maximum Gasteiger partial charge on any atom is 0.234 e. The molecule has 0 spiro atoms. The molecule has 0 unspecified atom stereocenters. The first kappa shape index (κ1) is 17.7. The van der Waals surface area contributed by atoms with Gasteiger partial charge in [0.2, 0.25) is 5.91 Å². The number of likely N-dealkylation sites (tertiary alicyclic amines) is 1. The highest BCUT2D eigenvalue weighted by molar-refractivity contribution is 5.80. The van der Waals surface area contributed by atoms with Crippen molar-refractivity contribution in [3.63, 3.8) is 0 Å². The number of aromatic amines is 1. The van der Waals surface area contributed by atoms with Crippen molar-refractivity contribution in [2.45, 2.75) is 25.3 Å². The maximum atomic E-state index is 13.6. The molecule has 0 saturated carbocycles. The Labute approximate surface area is 158 Å². The monoisotopic (exact) mass is 365 g/mol. The summed E-state index contributed by atoms with van der Waals surface area (Å²) in [5, 5.41) is 4.07. The zero-order valence-electron chi connectivity index (χ0n) is 15.2. The first-order valence-electron chi connectivity index (χ1n) is 9.49. The highest BCUT2D eigenvalue weighted by Crippen LogP contribution is 2.29. The van der Waals surface area contributed by atoms with E-state index in [1.54, 1.807) is 18.2 Å². The molecule has 2 N–H and O–H groups in total. The number of para-hydroxylation sites is 1. The van der Waals surface area contributed by atoms with E-state index >= 15 is 0 Å². The predicted molar refractivity (Wildman–Crippen MR) is 105 cm³/mol. The zero-order valence-corrected chi connectivity index (χ0v) is 15.2. The standard InChI is InChI=1S/C22H24FN3O/c23-19-7-3-1-6-18(19)14-24-22(27)15-26-11-9-16(10-12-26)21-13-17-5-2-4-8-20(17)25-21/h1-8,13,16,25H,9-12,14-15H2,(H,24,27). The van der Waals surface area contributed by atoms with Gasteiger partial charge in [0.25, 0.3) is 0 Å². The Hall–Kier alpha value is -2.66. The summed E-state index contributed by atoms with van der Waals surface area (Å²) in [6.07, 6.45) is 2.07. The molecule has 5 heteroatoms. The molecular weight excluding hydrogens is 341 g/mol. The maximum absolute atomic E-state index is 13.6. The van der Waals surface area contributed by atoms with Crippen molar-refractivity contribution in [1.29, 1.82) is 0 Å². The van der Waals surface area contributed by atoms with Gasteiger partial charge in [-0.1, -0.05) is 36.4 Å². The molecule has 1 fully saturated rings. The zero-order chi connectivity index (χ0) is 18.6. The van der Waals surface area contributed by atoms with Crippen LogP contribution in [0.15, 0.2) is 54.6 Å². The van der Waals surface area contributed by atoms with E-state index in [1.807, 2.05) is 6.07 Å². The Balaban J connectivity index is 1.26. The molecule has 140 valence electrons. The molecular formula is C22H24FN3O. The second kappa shape index (κ2) is 7.92. The van der Waals surface area contributed by atoms with E-state index in [-0.39, 0.29) is 18.3 Å². The average molecular weight is 365 g/mol. The van der Waals surface area contributed by atoms with Crippen LogP contribution in [0.25, 0.3) is 10.9 Å². The molecule has 1 aliphatic rings. The fraction of sp³-hybridized carbons (Fsp3) is 0.318. The summed E-state index contributed by atoms with van der Waals surface area (Å²) in [6.45, 7) is 2.39. The van der Waals surface area contributed by atoms with E-state index in [2.05, 4.69) is 39.5 Å². The van der Waals surface area contributed by atoms with Crippen LogP contribution in [0, 0.1) is 5.82 Å². The fourth-order valence-electron chi connectivity index (χ4n) is 3.81. The van der Waals surface area contributed by atoms with E-state index < -0.39 is 0 Å². The third kappa shape index (κ3) is 4.19. The SMILES string of the molecule is O=C(CN1CCC(c2cc3ccccc3[nH]2)CC1)NCc1ccccc1F. The number of nitrogens with zero attached hydrogens (tertiary/aromatic N) is 1. The molecule has 4 rings (SSSR count). The molecule has 4 nitrogen and oxygen atoms in total. The molecule has 1 saturated heterocycles. The van der Waals surface area contributed by atoms with E-state index in [1.165, 1.54) is 22.7 Å². The molecule has 0 atom stereocenters. The van der Waals surface area contributed by atoms with Gasteiger partial charge in [0, 0.05) is 29.2 Å². The molecule has 27 heavy (non-hydrogen) atoms. The van der Waals surface area contributed by atoms with Crippen LogP contribution in [0.4, 0.5) is 4.39 Å². The number of benzene rings is 2. The quantitative estimate of drug-likeness (QED) is 0.722. The van der Waals surface area contributed by atoms with Crippen LogP contribution in [0.1, 0.15) is 30.0 Å². The van der Waals surface area contributed by atoms with Crippen LogP contribution in [-0.2, 0) is 11.3 Å². The van der Waals surface area contributed by atoms with Gasteiger partial charge in [-0.15, -0.1) is 0 Å². The topological polar surface area (TPSA) is 48.1 Å². The minimum absolute atomic E-state index is 0.0534. The molecule has 3 aromatic rings. The summed E-state index contributed by atoms with van der Waals surface area (Å²) in [5.41, 5.74) is 2.99. The van der Waals surface area contributed by atoms with Crippen LogP contribution in [0.5, 0.6) is 0 Å². The van der Waals surface area contributed by atoms with Gasteiger partial charge in [0.15, 0.2) is 0 Å². The first-order valence-corrected chi connectivity index (χ1v) is 9.49. The largest absolute Gasteiger partial charge is 0.358 e. The molecule has 1 amide bonds. The number of piperidine rings is 1. The van der Waals surface area contributed by atoms with Crippen molar-refractivity contribution < 1.29 is 9.18 Å². The Kier molecular flexibility index (Phi) is 5.21. The lowest BCUT2D eigenvalue weighted by atomic mass is 9.93. The number of nitrogens with one attached hydrogen (secondary N) is 2. The number of hydrogen-bond donors (Lipinski definition) is 2. The third-order valence-corrected chi connectivity index (χ3v) is 5.38. The summed E-state index contributed by atoms with van der Waals surface area (Å²) in [7, 11) is 0. The van der Waals surface area contributed by atoms with Crippen LogP contribution in [0.3, 0.4) is 0 Å². The normalized spacial score (nSPS) is 15.9. The van der Waals surface area contributed by atoms with Crippen molar-refractivity contribution in [3.05, 3.63) is 71.7 Å². The van der Waals surface area contributed by atoms with Gasteiger partial charge in [0.05, 0.1) is 6.54 Å². The number of carbonyl (C=O) groups excluding carboxylic acids is 1. The van der Waals surface area contributed by atoms with Crippen LogP contribution >= 0.6 is 0 Å². The van der Waals surface area contributed by atoms with E-state index in [4.69, 9.17) is 0 Å². The summed E-state index contributed by atoms with van der Waals surface area (Å²) >= 11 is 0. The van der Waals surface area contributed by atoms with E-state index in [0.29, 0.717) is 18.0 Å². The van der Waals surface area contributed by atoms with Crippen molar-refractivity contribution in [3.8, 4) is 0 Å². The molecule has 0 bridgehead atoms. The number of hydrogen-bond acceptors (Lipinski definition) is 2. The summed E-state index contributed by atoms with van der Waals surface area (Å²) in [5.74, 6) is 0.175. The van der Waals surface area contributed by atoms with Crippen molar-refractivity contribution in [2.75, 3.05) is 19.6 Å². The van der Waals surface area contributed by atoms with Gasteiger partial charge in [-0.05, 0) is 49.5 Å². The first-order chi connectivity index (χ1) is 13.2. The van der Waals surface area contributed by atoms with Gasteiger partial charge in [-0.25, -0.2) is 4.39 Å². The molecule has 0 radical (unpaired) electrons. The molecule has 2 heterocycles. The van der Waals surface area contributed by atoms with Gasteiger partial charge < -0.3 is 10.3 Å². The van der Waals surface area contributed by atoms with E-state index in [0.717, 1.165) is 25.9 Å².